The van der Waals surface area contributed by atoms with Crippen LogP contribution in [0.15, 0.2) is 24.3 Å². The van der Waals surface area contributed by atoms with Crippen molar-refractivity contribution in [2.45, 2.75) is 58.3 Å². The molecule has 0 amide bonds. The molecule has 0 heterocycles. The third-order valence-electron chi connectivity index (χ3n) is 4.57. The highest BCUT2D eigenvalue weighted by atomic mass is 14.3. The number of hydrogen-bond donors (Lipinski definition) is 0. The lowest BCUT2D eigenvalue weighted by molar-refractivity contribution is 0.346. The van der Waals surface area contributed by atoms with Gasteiger partial charge in [-0.15, -0.1) is 0 Å². The minimum atomic E-state index is 0.701. The van der Waals surface area contributed by atoms with Crippen molar-refractivity contribution in [3.8, 4) is 0 Å². The van der Waals surface area contributed by atoms with Gasteiger partial charge >= 0.3 is 0 Å². The number of rotatable bonds is 1. The maximum absolute atomic E-state index is 4.28. The Hall–Kier alpha value is -0.520. The maximum atomic E-state index is 4.28. The summed E-state index contributed by atoms with van der Waals surface area (Å²) in [5.41, 5.74) is 1.49. The first-order valence-electron chi connectivity index (χ1n) is 7.11. The minimum absolute atomic E-state index is 0.701. The molecule has 0 aromatic rings. The lowest BCUT2D eigenvalue weighted by atomic mass is 9.81. The molecule has 16 heavy (non-hydrogen) atoms. The van der Waals surface area contributed by atoms with E-state index in [1.54, 1.807) is 0 Å². The van der Waals surface area contributed by atoms with Gasteiger partial charge < -0.3 is 0 Å². The van der Waals surface area contributed by atoms with E-state index in [9.17, 15) is 0 Å². The van der Waals surface area contributed by atoms with Gasteiger partial charge in [0.25, 0.3) is 0 Å². The van der Waals surface area contributed by atoms with Gasteiger partial charge in [-0.3, -0.25) is 0 Å². The average Bonchev–Trinajstić information content (AvgIpc) is 2.62. The van der Waals surface area contributed by atoms with E-state index in [2.05, 4.69) is 25.7 Å². The van der Waals surface area contributed by atoms with Crippen LogP contribution in [-0.2, 0) is 0 Å². The molecule has 0 nitrogen and oxygen atoms in total. The zero-order chi connectivity index (χ0) is 11.4. The highest BCUT2D eigenvalue weighted by molar-refractivity contribution is 5.11. The Morgan fingerprint density at radius 1 is 1.12 bits per heavy atom. The third kappa shape index (κ3) is 2.99. The Balaban J connectivity index is 1.99. The molecule has 2 atom stereocenters. The fourth-order valence-electron chi connectivity index (χ4n) is 3.26. The van der Waals surface area contributed by atoms with Gasteiger partial charge in [0.05, 0.1) is 0 Å². The van der Waals surface area contributed by atoms with Crippen molar-refractivity contribution < 1.29 is 0 Å². The van der Waals surface area contributed by atoms with E-state index in [-0.39, 0.29) is 0 Å². The van der Waals surface area contributed by atoms with Gasteiger partial charge in [0.1, 0.15) is 0 Å². The molecule has 2 aliphatic carbocycles. The van der Waals surface area contributed by atoms with Gasteiger partial charge in [0.2, 0.25) is 0 Å². The highest BCUT2D eigenvalue weighted by Gasteiger charge is 2.23. The van der Waals surface area contributed by atoms with E-state index < -0.39 is 0 Å². The van der Waals surface area contributed by atoms with E-state index in [1.807, 2.05) is 0 Å². The molecular weight excluding hydrogens is 192 g/mol. The molecule has 2 unspecified atom stereocenters. The second-order valence-corrected chi connectivity index (χ2v) is 5.84. The minimum Gasteiger partial charge on any atom is -0.0996 e. The summed E-state index contributed by atoms with van der Waals surface area (Å²) >= 11 is 0. The monoisotopic (exact) mass is 218 g/mol. The Labute approximate surface area is 101 Å². The third-order valence-corrected chi connectivity index (χ3v) is 4.57. The van der Waals surface area contributed by atoms with Gasteiger partial charge in [-0.1, -0.05) is 56.9 Å². The van der Waals surface area contributed by atoms with Crippen LogP contribution in [0.5, 0.6) is 0 Å². The Kier molecular flexibility index (Phi) is 4.26. The van der Waals surface area contributed by atoms with Crippen molar-refractivity contribution in [1.29, 1.82) is 0 Å². The van der Waals surface area contributed by atoms with Crippen LogP contribution >= 0.6 is 0 Å². The summed E-state index contributed by atoms with van der Waals surface area (Å²) in [4.78, 5) is 0. The summed E-state index contributed by atoms with van der Waals surface area (Å²) in [7, 11) is 0. The van der Waals surface area contributed by atoms with Crippen LogP contribution in [0.1, 0.15) is 58.3 Å². The van der Waals surface area contributed by atoms with E-state index >= 15 is 0 Å². The van der Waals surface area contributed by atoms with Gasteiger partial charge in [0, 0.05) is 0 Å². The van der Waals surface area contributed by atoms with E-state index in [0.717, 1.165) is 11.8 Å². The summed E-state index contributed by atoms with van der Waals surface area (Å²) in [6.07, 6.45) is 16.1. The molecule has 0 radical (unpaired) electrons. The van der Waals surface area contributed by atoms with Crippen LogP contribution in [0, 0.1) is 17.8 Å². The summed E-state index contributed by atoms with van der Waals surface area (Å²) in [6, 6.07) is 0. The highest BCUT2D eigenvalue weighted by Crippen LogP contribution is 2.36. The van der Waals surface area contributed by atoms with Gasteiger partial charge in [0.15, 0.2) is 0 Å². The molecule has 0 saturated heterocycles. The second-order valence-electron chi connectivity index (χ2n) is 5.84. The Morgan fingerprint density at radius 3 is 2.50 bits per heavy atom. The van der Waals surface area contributed by atoms with Crippen molar-refractivity contribution in [1.82, 2.24) is 0 Å². The molecule has 1 saturated carbocycles. The maximum Gasteiger partial charge on any atom is -0.0168 e. The molecule has 0 spiro atoms. The lowest BCUT2D eigenvalue weighted by Crippen LogP contribution is -2.13. The molecule has 90 valence electrons. The van der Waals surface area contributed by atoms with Crippen molar-refractivity contribution in [3.63, 3.8) is 0 Å². The van der Waals surface area contributed by atoms with Crippen LogP contribution in [0.2, 0.25) is 0 Å². The Bertz CT molecular complexity index is 253. The zero-order valence-electron chi connectivity index (χ0n) is 10.8. The smallest absolute Gasteiger partial charge is 0.0168 e. The largest absolute Gasteiger partial charge is 0.0996 e. The zero-order valence-corrected chi connectivity index (χ0v) is 10.8. The average molecular weight is 218 g/mol. The van der Waals surface area contributed by atoms with Crippen LogP contribution in [0.25, 0.3) is 0 Å². The fraction of sp³-hybridized carbons (Fsp3) is 0.750. The quantitative estimate of drug-likeness (QED) is 0.423. The molecule has 1 fully saturated rings. The molecule has 2 rings (SSSR count). The van der Waals surface area contributed by atoms with Gasteiger partial charge in [-0.2, -0.15) is 0 Å². The van der Waals surface area contributed by atoms with Crippen molar-refractivity contribution in [2.75, 3.05) is 0 Å². The summed E-state index contributed by atoms with van der Waals surface area (Å²) in [5, 5.41) is 0. The molecule has 2 aliphatic rings. The van der Waals surface area contributed by atoms with Crippen LogP contribution in [0.4, 0.5) is 0 Å². The summed E-state index contributed by atoms with van der Waals surface area (Å²) in [6.45, 7) is 6.61. The normalized spacial score (nSPS) is 33.4. The van der Waals surface area contributed by atoms with Crippen molar-refractivity contribution in [3.05, 3.63) is 24.3 Å². The first kappa shape index (κ1) is 12.0. The molecule has 0 bridgehead atoms. The van der Waals surface area contributed by atoms with Gasteiger partial charge in [-0.25, -0.2) is 0 Å². The molecular formula is C16H26. The van der Waals surface area contributed by atoms with E-state index in [1.165, 1.54) is 56.9 Å². The fourth-order valence-corrected chi connectivity index (χ4v) is 3.26. The standard InChI is InChI=1S/C16H26/c1-13-8-7-11-16(12-14(13)2)15-9-5-3-4-6-10-15/h7,11,13,15-16H,2-6,8-10,12H2,1H3. The molecule has 0 N–H and O–H groups in total. The summed E-state index contributed by atoms with van der Waals surface area (Å²) in [5.74, 6) is 2.45. The topological polar surface area (TPSA) is 0 Å². The van der Waals surface area contributed by atoms with Crippen LogP contribution < -0.4 is 0 Å². The predicted molar refractivity (Wildman–Crippen MR) is 71.4 cm³/mol. The van der Waals surface area contributed by atoms with Gasteiger partial charge in [-0.05, 0) is 43.4 Å². The summed E-state index contributed by atoms with van der Waals surface area (Å²) < 4.78 is 0. The molecule has 0 heteroatoms. The van der Waals surface area contributed by atoms with Crippen molar-refractivity contribution >= 4 is 0 Å². The van der Waals surface area contributed by atoms with E-state index in [4.69, 9.17) is 0 Å². The Morgan fingerprint density at radius 2 is 1.81 bits per heavy atom. The first-order valence-corrected chi connectivity index (χ1v) is 7.11. The lowest BCUT2D eigenvalue weighted by Gasteiger charge is -2.24. The first-order chi connectivity index (χ1) is 7.77. The molecule has 0 aromatic carbocycles. The van der Waals surface area contributed by atoms with Crippen LogP contribution in [-0.4, -0.2) is 0 Å². The number of hydrogen-bond acceptors (Lipinski definition) is 0. The number of allylic oxidation sites excluding steroid dienone is 3. The van der Waals surface area contributed by atoms with E-state index in [0.29, 0.717) is 5.92 Å². The molecule has 0 aromatic heterocycles. The molecule has 0 aliphatic heterocycles. The van der Waals surface area contributed by atoms with Crippen molar-refractivity contribution in [2.24, 2.45) is 17.8 Å². The predicted octanol–water partition coefficient (Wildman–Crippen LogP) is 5.12. The SMILES string of the molecule is C=C1CC(C2CCCCCC2)C=CCC1C. The second kappa shape index (κ2) is 5.70. The van der Waals surface area contributed by atoms with Crippen LogP contribution in [0.3, 0.4) is 0 Å².